The van der Waals surface area contributed by atoms with Gasteiger partial charge in [-0.05, 0) is 163 Å². The third kappa shape index (κ3) is 5.28. The fourth-order valence-electron chi connectivity index (χ4n) is 11.4. The topological polar surface area (TPSA) is 3.24 Å². The summed E-state index contributed by atoms with van der Waals surface area (Å²) in [5.74, 6) is 0.620. The van der Waals surface area contributed by atoms with E-state index >= 15 is 0 Å². The van der Waals surface area contributed by atoms with Crippen molar-refractivity contribution in [2.45, 2.75) is 47.2 Å². The van der Waals surface area contributed by atoms with E-state index < -0.39 is 0 Å². The molecule has 4 aliphatic carbocycles. The summed E-state index contributed by atoms with van der Waals surface area (Å²) in [4.78, 5) is 3.92. The number of allylic oxidation sites excluding steroid dienone is 5. The van der Waals surface area contributed by atoms with Crippen LogP contribution in [0.1, 0.15) is 59.4 Å². The third-order valence-corrected chi connectivity index (χ3v) is 15.6. The van der Waals surface area contributed by atoms with Gasteiger partial charge in [-0.2, -0.15) is 0 Å². The third-order valence-electron chi connectivity index (χ3n) is 14.2. The van der Waals surface area contributed by atoms with Crippen molar-refractivity contribution in [1.29, 1.82) is 0 Å². The van der Waals surface area contributed by atoms with E-state index in [4.69, 9.17) is 0 Å². The zero-order valence-corrected chi connectivity index (χ0v) is 34.7. The second-order valence-corrected chi connectivity index (χ2v) is 18.5. The molecule has 3 atom stereocenters. The van der Waals surface area contributed by atoms with Crippen LogP contribution in [0.2, 0.25) is 0 Å². The summed E-state index contributed by atoms with van der Waals surface area (Å²) in [6.07, 6.45) is 14.4. The minimum Gasteiger partial charge on any atom is -0.310 e. The first-order chi connectivity index (χ1) is 30.2. The highest BCUT2D eigenvalue weighted by atomic mass is 32.2. The van der Waals surface area contributed by atoms with Crippen LogP contribution in [0, 0.1) is 0 Å². The highest BCUT2D eigenvalue weighted by Crippen LogP contribution is 2.65. The van der Waals surface area contributed by atoms with Crippen molar-refractivity contribution in [1.82, 2.24) is 0 Å². The molecule has 1 heterocycles. The standard InChI is InChI=1S/C59H43NS/c1-2-12-41-35-42(22-21-38(41)11-1)39-23-28-44(29-24-39)60(45-30-25-40(26-31-45)43-27-34-58-52(36-43)51-16-6-10-20-57(51)61-58)46-32-33-50-49-15-5-9-19-55(49)59(56(50)37-46)53-17-7-3-13-47(53)48-14-4-8-18-54(48)59/h1-3,5,7,9-15,17-37,51,57H,4,6,8,16H2. The van der Waals surface area contributed by atoms with Crippen LogP contribution in [0.5, 0.6) is 0 Å². The Bertz CT molecular complexity index is 3180. The van der Waals surface area contributed by atoms with E-state index in [0.29, 0.717) is 11.2 Å². The second-order valence-electron chi connectivity index (χ2n) is 17.3. The molecule has 5 aliphatic rings. The Morgan fingerprint density at radius 3 is 1.90 bits per heavy atom. The van der Waals surface area contributed by atoms with E-state index in [1.54, 1.807) is 0 Å². The average molecular weight is 798 g/mol. The molecule has 0 fully saturated rings. The van der Waals surface area contributed by atoms with Crippen LogP contribution in [0.15, 0.2) is 211 Å². The van der Waals surface area contributed by atoms with Crippen LogP contribution in [0.3, 0.4) is 0 Å². The smallest absolute Gasteiger partial charge is 0.0723 e. The highest BCUT2D eigenvalue weighted by molar-refractivity contribution is 8.00. The lowest BCUT2D eigenvalue weighted by molar-refractivity contribution is 0.634. The number of hydrogen-bond donors (Lipinski definition) is 0. The van der Waals surface area contributed by atoms with E-state index in [9.17, 15) is 0 Å². The Labute approximate surface area is 362 Å². The van der Waals surface area contributed by atoms with E-state index in [2.05, 4.69) is 205 Å². The van der Waals surface area contributed by atoms with Gasteiger partial charge in [-0.3, -0.25) is 0 Å². The van der Waals surface area contributed by atoms with Crippen molar-refractivity contribution in [3.8, 4) is 33.4 Å². The van der Waals surface area contributed by atoms with Gasteiger partial charge in [-0.15, -0.1) is 11.8 Å². The zero-order valence-electron chi connectivity index (χ0n) is 33.9. The van der Waals surface area contributed by atoms with E-state index in [1.165, 1.54) is 101 Å². The fraction of sp³-hybridized carbons (Fsp3) is 0.119. The summed E-state index contributed by atoms with van der Waals surface area (Å²) in [7, 11) is 0. The Kier molecular flexibility index (Phi) is 7.91. The predicted molar refractivity (Wildman–Crippen MR) is 257 cm³/mol. The molecule has 290 valence electrons. The average Bonchev–Trinajstić information content (AvgIpc) is 3.96. The SMILES string of the molecule is C1=CC2Sc3ccc(-c4ccc(N(c5ccc(-c6ccc7ccccc7c6)cc5)c5ccc6c(c5)C5(C7=CCCC=C7c7ccccc75)c5ccccc5-6)cc4)cc3C2CC1. The number of hydrogen-bond acceptors (Lipinski definition) is 2. The molecule has 8 aromatic carbocycles. The molecule has 1 nitrogen and oxygen atoms in total. The van der Waals surface area contributed by atoms with E-state index in [-0.39, 0.29) is 5.41 Å². The van der Waals surface area contributed by atoms with Gasteiger partial charge in [0.25, 0.3) is 0 Å². The van der Waals surface area contributed by atoms with Gasteiger partial charge in [0, 0.05) is 33.1 Å². The number of thioether (sulfide) groups is 1. The molecule has 0 radical (unpaired) electrons. The van der Waals surface area contributed by atoms with E-state index in [0.717, 1.165) is 29.9 Å². The number of nitrogens with zero attached hydrogens (tertiary/aromatic N) is 1. The van der Waals surface area contributed by atoms with E-state index in [1.807, 2.05) is 11.8 Å². The molecule has 3 unspecified atom stereocenters. The molecule has 61 heavy (non-hydrogen) atoms. The minimum absolute atomic E-state index is 0.362. The molecule has 1 aliphatic heterocycles. The number of rotatable bonds is 5. The molecule has 1 spiro atoms. The van der Waals surface area contributed by atoms with Crippen molar-refractivity contribution in [2.24, 2.45) is 0 Å². The summed E-state index contributed by atoms with van der Waals surface area (Å²) in [6.45, 7) is 0. The lowest BCUT2D eigenvalue weighted by Crippen LogP contribution is -2.26. The second kappa shape index (κ2) is 13.7. The van der Waals surface area contributed by atoms with Crippen molar-refractivity contribution in [3.05, 3.63) is 234 Å². The maximum atomic E-state index is 2.54. The fourth-order valence-corrected chi connectivity index (χ4v) is 12.8. The quantitative estimate of drug-likeness (QED) is 0.160. The van der Waals surface area contributed by atoms with Crippen molar-refractivity contribution < 1.29 is 0 Å². The highest BCUT2D eigenvalue weighted by Gasteiger charge is 2.53. The minimum atomic E-state index is -0.362. The largest absolute Gasteiger partial charge is 0.310 e. The molecule has 0 bridgehead atoms. The summed E-state index contributed by atoms with van der Waals surface area (Å²) < 4.78 is 0. The van der Waals surface area contributed by atoms with Gasteiger partial charge < -0.3 is 4.90 Å². The summed E-state index contributed by atoms with van der Waals surface area (Å²) in [5.41, 5.74) is 20.7. The van der Waals surface area contributed by atoms with Crippen LogP contribution in [-0.2, 0) is 5.41 Å². The lowest BCUT2D eigenvalue weighted by Gasteiger charge is -2.33. The molecule has 8 aromatic rings. The van der Waals surface area contributed by atoms with Crippen LogP contribution in [-0.4, -0.2) is 5.25 Å². The number of anilines is 3. The molecule has 0 N–H and O–H groups in total. The zero-order chi connectivity index (χ0) is 40.1. The Morgan fingerprint density at radius 2 is 1.10 bits per heavy atom. The van der Waals surface area contributed by atoms with Gasteiger partial charge in [0.1, 0.15) is 0 Å². The van der Waals surface area contributed by atoms with Crippen LogP contribution in [0.4, 0.5) is 17.1 Å². The number of benzene rings is 8. The summed E-state index contributed by atoms with van der Waals surface area (Å²) in [5, 5.41) is 3.10. The first-order valence-corrected chi connectivity index (χ1v) is 22.8. The molecule has 0 saturated carbocycles. The van der Waals surface area contributed by atoms with Crippen LogP contribution in [0.25, 0.3) is 49.7 Å². The normalized spacial score (nSPS) is 20.0. The molecular weight excluding hydrogens is 755 g/mol. The monoisotopic (exact) mass is 797 g/mol. The van der Waals surface area contributed by atoms with Gasteiger partial charge in [-0.25, -0.2) is 0 Å². The molecule has 0 amide bonds. The first kappa shape index (κ1) is 35.2. The Morgan fingerprint density at radius 1 is 0.475 bits per heavy atom. The lowest BCUT2D eigenvalue weighted by atomic mass is 9.69. The van der Waals surface area contributed by atoms with Gasteiger partial charge in [-0.1, -0.05) is 146 Å². The van der Waals surface area contributed by atoms with Crippen LogP contribution >= 0.6 is 11.8 Å². The summed E-state index contributed by atoms with van der Waals surface area (Å²) >= 11 is 2.04. The van der Waals surface area contributed by atoms with Gasteiger partial charge in [0.2, 0.25) is 0 Å². The first-order valence-electron chi connectivity index (χ1n) is 21.9. The molecule has 2 heteroatoms. The molecular formula is C59H43NS. The Balaban J connectivity index is 0.957. The predicted octanol–water partition coefficient (Wildman–Crippen LogP) is 16.0. The number of fused-ring (bicyclic) bond motifs is 14. The van der Waals surface area contributed by atoms with Gasteiger partial charge in [0.15, 0.2) is 0 Å². The maximum absolute atomic E-state index is 2.54. The molecule has 0 aromatic heterocycles. The van der Waals surface area contributed by atoms with Crippen molar-refractivity contribution in [2.75, 3.05) is 4.90 Å². The van der Waals surface area contributed by atoms with Crippen molar-refractivity contribution >= 4 is 45.2 Å². The van der Waals surface area contributed by atoms with Gasteiger partial charge in [0.05, 0.1) is 5.41 Å². The van der Waals surface area contributed by atoms with Crippen molar-refractivity contribution in [3.63, 3.8) is 0 Å². The van der Waals surface area contributed by atoms with Gasteiger partial charge >= 0.3 is 0 Å². The molecule has 13 rings (SSSR count). The molecule has 0 saturated heterocycles. The maximum Gasteiger partial charge on any atom is 0.0723 e. The van der Waals surface area contributed by atoms with Crippen LogP contribution < -0.4 is 4.90 Å². The summed E-state index contributed by atoms with van der Waals surface area (Å²) in [6, 6.07) is 66.7. The Hall–Kier alpha value is -6.61.